The van der Waals surface area contributed by atoms with Gasteiger partial charge in [-0.05, 0) is 38.1 Å². The third-order valence-corrected chi connectivity index (χ3v) is 6.27. The molecule has 1 aliphatic rings. The van der Waals surface area contributed by atoms with Crippen LogP contribution in [-0.4, -0.2) is 50.7 Å². The molecule has 0 bridgehead atoms. The molecule has 0 saturated carbocycles. The van der Waals surface area contributed by atoms with Gasteiger partial charge in [-0.15, -0.1) is 0 Å². The van der Waals surface area contributed by atoms with Crippen molar-refractivity contribution in [2.75, 3.05) is 36.0 Å². The van der Waals surface area contributed by atoms with Gasteiger partial charge in [0.2, 0.25) is 5.95 Å². The number of nitrogens with zero attached hydrogens (tertiary/aromatic N) is 7. The molecule has 4 heterocycles. The fraction of sp³-hybridized carbons (Fsp3) is 0.280. The van der Waals surface area contributed by atoms with E-state index in [-0.39, 0.29) is 5.82 Å². The highest BCUT2D eigenvalue weighted by molar-refractivity contribution is 6.30. The number of aryl methyl sites for hydroxylation is 2. The zero-order valence-electron chi connectivity index (χ0n) is 19.7. The summed E-state index contributed by atoms with van der Waals surface area (Å²) in [6.07, 6.45) is -1.21. The highest BCUT2D eigenvalue weighted by Crippen LogP contribution is 2.35. The Hall–Kier alpha value is -3.66. The van der Waals surface area contributed by atoms with Crippen molar-refractivity contribution < 1.29 is 13.2 Å². The van der Waals surface area contributed by atoms with E-state index in [4.69, 9.17) is 21.6 Å². The first kappa shape index (κ1) is 24.1. The third kappa shape index (κ3) is 4.86. The van der Waals surface area contributed by atoms with Crippen LogP contribution in [0.1, 0.15) is 17.1 Å². The van der Waals surface area contributed by atoms with Gasteiger partial charge in [0.25, 0.3) is 0 Å². The number of aromatic nitrogens is 5. The smallest absolute Gasteiger partial charge is 0.353 e. The maximum atomic E-state index is 13.5. The summed E-state index contributed by atoms with van der Waals surface area (Å²) in [6, 6.07) is 11.7. The molecule has 0 atom stereocenters. The lowest BCUT2D eigenvalue weighted by molar-refractivity contribution is -0.137. The van der Waals surface area contributed by atoms with Gasteiger partial charge in [0.05, 0.1) is 17.0 Å². The Morgan fingerprint density at radius 3 is 2.31 bits per heavy atom. The van der Waals surface area contributed by atoms with Gasteiger partial charge >= 0.3 is 6.18 Å². The molecule has 5 rings (SSSR count). The zero-order valence-corrected chi connectivity index (χ0v) is 20.4. The molecule has 4 aromatic rings. The molecule has 0 N–H and O–H groups in total. The largest absolute Gasteiger partial charge is 0.419 e. The Bertz CT molecular complexity index is 1390. The Kier molecular flexibility index (Phi) is 6.29. The second-order valence-electron chi connectivity index (χ2n) is 8.57. The van der Waals surface area contributed by atoms with E-state index in [1.165, 1.54) is 12.3 Å². The summed E-state index contributed by atoms with van der Waals surface area (Å²) in [7, 11) is 0. The molecule has 3 aromatic heterocycles. The second kappa shape index (κ2) is 9.42. The number of imidazole rings is 1. The molecule has 186 valence electrons. The van der Waals surface area contributed by atoms with Crippen molar-refractivity contribution >= 4 is 23.2 Å². The highest BCUT2D eigenvalue weighted by Gasteiger charge is 2.36. The van der Waals surface area contributed by atoms with Crippen LogP contribution < -0.4 is 9.80 Å². The summed E-state index contributed by atoms with van der Waals surface area (Å²) in [5.41, 5.74) is 1.64. The van der Waals surface area contributed by atoms with Gasteiger partial charge in [-0.2, -0.15) is 18.2 Å². The maximum absolute atomic E-state index is 13.5. The van der Waals surface area contributed by atoms with Crippen LogP contribution in [-0.2, 0) is 6.18 Å². The van der Waals surface area contributed by atoms with E-state index in [2.05, 4.69) is 9.97 Å². The van der Waals surface area contributed by atoms with Gasteiger partial charge in [0.15, 0.2) is 0 Å². The summed E-state index contributed by atoms with van der Waals surface area (Å²) >= 11 is 6.23. The molecule has 1 aromatic carbocycles. The molecule has 1 fully saturated rings. The predicted octanol–water partition coefficient (Wildman–Crippen LogP) is 5.34. The van der Waals surface area contributed by atoms with E-state index < -0.39 is 11.7 Å². The first-order chi connectivity index (χ1) is 17.2. The van der Waals surface area contributed by atoms with E-state index in [0.29, 0.717) is 48.7 Å². The number of hydrogen-bond acceptors (Lipinski definition) is 6. The summed E-state index contributed by atoms with van der Waals surface area (Å²) in [6.45, 7) is 5.47. The topological polar surface area (TPSA) is 63.0 Å². The lowest BCUT2D eigenvalue weighted by Crippen LogP contribution is -2.47. The number of halogens is 4. The molecule has 36 heavy (non-hydrogen) atoms. The molecule has 1 aliphatic heterocycles. The molecule has 1 saturated heterocycles. The van der Waals surface area contributed by atoms with E-state index in [1.54, 1.807) is 11.0 Å². The maximum Gasteiger partial charge on any atom is 0.419 e. The average molecular weight is 514 g/mol. The van der Waals surface area contributed by atoms with Crippen LogP contribution in [0.15, 0.2) is 54.9 Å². The fourth-order valence-corrected chi connectivity index (χ4v) is 4.52. The number of pyridine rings is 1. The molecule has 7 nitrogen and oxygen atoms in total. The van der Waals surface area contributed by atoms with Crippen LogP contribution >= 0.6 is 11.6 Å². The fourth-order valence-electron chi connectivity index (χ4n) is 4.33. The Morgan fingerprint density at radius 2 is 1.64 bits per heavy atom. The van der Waals surface area contributed by atoms with Gasteiger partial charge < -0.3 is 9.80 Å². The molecular formula is C25H23ClF3N7. The summed E-state index contributed by atoms with van der Waals surface area (Å²) in [5, 5.41) is 0.591. The normalized spacial score (nSPS) is 14.4. The number of hydrogen-bond donors (Lipinski definition) is 0. The van der Waals surface area contributed by atoms with Gasteiger partial charge in [0, 0.05) is 55.2 Å². The van der Waals surface area contributed by atoms with Gasteiger partial charge in [-0.3, -0.25) is 4.57 Å². The van der Waals surface area contributed by atoms with Gasteiger partial charge in [0.1, 0.15) is 17.5 Å². The molecule has 0 unspecified atom stereocenters. The van der Waals surface area contributed by atoms with Crippen LogP contribution in [0.2, 0.25) is 5.02 Å². The minimum absolute atomic E-state index is 0.0443. The van der Waals surface area contributed by atoms with Crippen molar-refractivity contribution in [1.29, 1.82) is 0 Å². The number of piperazine rings is 1. The first-order valence-electron chi connectivity index (χ1n) is 11.4. The molecule has 0 aliphatic carbocycles. The number of alkyl halides is 3. The van der Waals surface area contributed by atoms with Gasteiger partial charge in [-0.1, -0.05) is 23.7 Å². The van der Waals surface area contributed by atoms with E-state index in [1.807, 2.05) is 53.8 Å². The van der Waals surface area contributed by atoms with Crippen LogP contribution in [0.5, 0.6) is 0 Å². The molecule has 0 radical (unpaired) electrons. The van der Waals surface area contributed by atoms with E-state index >= 15 is 0 Å². The molecule has 0 amide bonds. The summed E-state index contributed by atoms with van der Waals surface area (Å²) in [4.78, 5) is 21.8. The Morgan fingerprint density at radius 1 is 0.889 bits per heavy atom. The van der Waals surface area contributed by atoms with Crippen molar-refractivity contribution in [3.63, 3.8) is 0 Å². The second-order valence-corrected chi connectivity index (χ2v) is 9.00. The average Bonchev–Trinajstić information content (AvgIpc) is 3.21. The molecular weight excluding hydrogens is 491 g/mol. The number of benzene rings is 1. The van der Waals surface area contributed by atoms with Crippen molar-refractivity contribution in [3.8, 4) is 17.2 Å². The lowest BCUT2D eigenvalue weighted by Gasteiger charge is -2.37. The monoisotopic (exact) mass is 513 g/mol. The lowest BCUT2D eigenvalue weighted by atomic mass is 10.1. The quantitative estimate of drug-likeness (QED) is 0.367. The van der Waals surface area contributed by atoms with Crippen LogP contribution in [0.4, 0.5) is 24.8 Å². The van der Waals surface area contributed by atoms with Crippen molar-refractivity contribution in [2.45, 2.75) is 20.0 Å². The summed E-state index contributed by atoms with van der Waals surface area (Å²) in [5.74, 6) is 1.85. The van der Waals surface area contributed by atoms with Crippen LogP contribution in [0.25, 0.3) is 17.2 Å². The number of rotatable bonds is 4. The minimum atomic E-state index is -4.46. The molecule has 11 heteroatoms. The Labute approximate surface area is 211 Å². The highest BCUT2D eigenvalue weighted by atomic mass is 35.5. The summed E-state index contributed by atoms with van der Waals surface area (Å²) < 4.78 is 42.4. The minimum Gasteiger partial charge on any atom is -0.353 e. The molecule has 0 spiro atoms. The Balaban J connectivity index is 1.47. The van der Waals surface area contributed by atoms with E-state index in [9.17, 15) is 13.2 Å². The van der Waals surface area contributed by atoms with Gasteiger partial charge in [-0.25, -0.2) is 15.0 Å². The van der Waals surface area contributed by atoms with Crippen LogP contribution in [0.3, 0.4) is 0 Å². The third-order valence-electron chi connectivity index (χ3n) is 6.03. The number of anilines is 2. The van der Waals surface area contributed by atoms with Crippen LogP contribution in [0, 0.1) is 13.8 Å². The van der Waals surface area contributed by atoms with Crippen molar-refractivity contribution in [1.82, 2.24) is 24.5 Å². The standard InChI is InChI=1S/C25H23ClF3N7/c1-16-15-36(17(2)31-16)24-32-21(18-5-3-6-19(26)13-18)14-22(33-24)34-9-11-35(12-10-34)23-20(25(27,28)29)7-4-8-30-23/h3-8,13-15H,9-12H2,1-2H3. The predicted molar refractivity (Wildman–Crippen MR) is 133 cm³/mol. The first-order valence-corrected chi connectivity index (χ1v) is 11.8. The SMILES string of the molecule is Cc1cn(-c2nc(-c3cccc(Cl)c3)cc(N3CCN(c4ncccc4C(F)(F)F)CC3)n2)c(C)n1. The van der Waals surface area contributed by atoms with Crippen molar-refractivity contribution in [2.24, 2.45) is 0 Å². The zero-order chi connectivity index (χ0) is 25.4. The van der Waals surface area contributed by atoms with E-state index in [0.717, 1.165) is 23.1 Å². The van der Waals surface area contributed by atoms with Crippen molar-refractivity contribution in [3.05, 3.63) is 77.0 Å².